The van der Waals surface area contributed by atoms with Gasteiger partial charge in [0.1, 0.15) is 0 Å². The van der Waals surface area contributed by atoms with Crippen LogP contribution in [0.15, 0.2) is 48.7 Å². The van der Waals surface area contributed by atoms with Crippen molar-refractivity contribution >= 4 is 28.6 Å². The van der Waals surface area contributed by atoms with Crippen molar-refractivity contribution in [1.82, 2.24) is 9.97 Å². The lowest BCUT2D eigenvalue weighted by molar-refractivity contribution is -0.124. The van der Waals surface area contributed by atoms with Crippen LogP contribution in [-0.4, -0.2) is 27.9 Å². The summed E-state index contributed by atoms with van der Waals surface area (Å²) in [6.45, 7) is 5.76. The van der Waals surface area contributed by atoms with Crippen molar-refractivity contribution in [2.75, 3.05) is 5.32 Å². The molecule has 0 bridgehead atoms. The molecular weight excluding hydrogens is 342 g/mol. The zero-order valence-corrected chi connectivity index (χ0v) is 15.5. The smallest absolute Gasteiger partial charge is 0.359 e. The van der Waals surface area contributed by atoms with Crippen LogP contribution in [0.2, 0.25) is 0 Å². The maximum absolute atomic E-state index is 12.5. The highest BCUT2D eigenvalue weighted by Crippen LogP contribution is 2.16. The Kier molecular flexibility index (Phi) is 5.45. The predicted octanol–water partition coefficient (Wildman–Crippen LogP) is 3.82. The Balaban J connectivity index is 1.71. The number of benzene rings is 2. The van der Waals surface area contributed by atoms with Crippen LogP contribution in [0.3, 0.4) is 0 Å². The summed E-state index contributed by atoms with van der Waals surface area (Å²) in [6.07, 6.45) is 0.801. The second kappa shape index (κ2) is 7.95. The number of esters is 1. The van der Waals surface area contributed by atoms with Crippen LogP contribution in [-0.2, 0) is 9.53 Å². The normalized spacial score (nSPS) is 11.8. The van der Waals surface area contributed by atoms with Gasteiger partial charge in [-0.3, -0.25) is 9.78 Å². The van der Waals surface area contributed by atoms with Crippen molar-refractivity contribution in [2.24, 2.45) is 0 Å². The Hall–Kier alpha value is -3.28. The Bertz CT molecular complexity index is 1000. The average molecular weight is 363 g/mol. The first-order valence-electron chi connectivity index (χ1n) is 8.79. The summed E-state index contributed by atoms with van der Waals surface area (Å²) in [5.41, 5.74) is 4.24. The molecular formula is C21H21N3O3. The summed E-state index contributed by atoms with van der Waals surface area (Å²) < 4.78 is 5.37. The molecule has 27 heavy (non-hydrogen) atoms. The molecule has 3 aromatic rings. The van der Waals surface area contributed by atoms with Gasteiger partial charge in [-0.2, -0.15) is 0 Å². The highest BCUT2D eigenvalue weighted by Gasteiger charge is 2.23. The van der Waals surface area contributed by atoms with Crippen LogP contribution in [0.5, 0.6) is 0 Å². The quantitative estimate of drug-likeness (QED) is 0.697. The number of aryl methyl sites for hydroxylation is 2. The van der Waals surface area contributed by atoms with Crippen molar-refractivity contribution in [3.8, 4) is 0 Å². The van der Waals surface area contributed by atoms with E-state index in [9.17, 15) is 9.59 Å². The van der Waals surface area contributed by atoms with E-state index < -0.39 is 12.1 Å². The fraction of sp³-hybridized carbons (Fsp3) is 0.238. The van der Waals surface area contributed by atoms with Crippen LogP contribution in [0.1, 0.15) is 35.0 Å². The molecule has 2 aromatic carbocycles. The van der Waals surface area contributed by atoms with E-state index in [1.807, 2.05) is 50.2 Å². The first kappa shape index (κ1) is 18.5. The molecule has 1 amide bonds. The number of para-hydroxylation sites is 2. The number of anilines is 1. The Morgan fingerprint density at radius 2 is 1.81 bits per heavy atom. The maximum atomic E-state index is 12.5. The van der Waals surface area contributed by atoms with E-state index in [2.05, 4.69) is 15.3 Å². The van der Waals surface area contributed by atoms with Crippen LogP contribution in [0.4, 0.5) is 5.69 Å². The zero-order valence-electron chi connectivity index (χ0n) is 15.5. The third-order valence-electron chi connectivity index (χ3n) is 4.34. The van der Waals surface area contributed by atoms with Crippen LogP contribution >= 0.6 is 0 Å². The van der Waals surface area contributed by atoms with E-state index in [4.69, 9.17) is 4.74 Å². The maximum Gasteiger partial charge on any atom is 0.359 e. The number of carbonyl (C=O) groups excluding carboxylic acids is 2. The second-order valence-electron chi connectivity index (χ2n) is 6.33. The van der Waals surface area contributed by atoms with Crippen LogP contribution in [0, 0.1) is 13.8 Å². The lowest BCUT2D eigenvalue weighted by atomic mass is 10.1. The van der Waals surface area contributed by atoms with Gasteiger partial charge in [0.25, 0.3) is 5.91 Å². The molecule has 0 aliphatic carbocycles. The molecule has 1 aromatic heterocycles. The minimum atomic E-state index is -0.910. The SMILES string of the molecule is CCC(OC(=O)c1cnc2ccccc2n1)C(=O)Nc1ccc(C)c(C)c1. The lowest BCUT2D eigenvalue weighted by Gasteiger charge is -2.16. The molecule has 6 nitrogen and oxygen atoms in total. The van der Waals surface area contributed by atoms with Gasteiger partial charge >= 0.3 is 5.97 Å². The van der Waals surface area contributed by atoms with Crippen molar-refractivity contribution < 1.29 is 14.3 Å². The highest BCUT2D eigenvalue weighted by molar-refractivity contribution is 5.97. The Morgan fingerprint density at radius 1 is 1.07 bits per heavy atom. The topological polar surface area (TPSA) is 81.2 Å². The molecule has 0 saturated heterocycles. The fourth-order valence-corrected chi connectivity index (χ4v) is 2.61. The fourth-order valence-electron chi connectivity index (χ4n) is 2.61. The number of carbonyl (C=O) groups is 2. The number of aromatic nitrogens is 2. The van der Waals surface area contributed by atoms with Crippen molar-refractivity contribution in [3.05, 3.63) is 65.5 Å². The van der Waals surface area contributed by atoms with Crippen molar-refractivity contribution in [3.63, 3.8) is 0 Å². The van der Waals surface area contributed by atoms with E-state index in [1.54, 1.807) is 13.0 Å². The lowest BCUT2D eigenvalue weighted by Crippen LogP contribution is -2.32. The summed E-state index contributed by atoms with van der Waals surface area (Å²) in [4.78, 5) is 33.4. The molecule has 0 fully saturated rings. The number of fused-ring (bicyclic) bond motifs is 1. The third-order valence-corrected chi connectivity index (χ3v) is 4.34. The second-order valence-corrected chi connectivity index (χ2v) is 6.33. The van der Waals surface area contributed by atoms with Gasteiger partial charge in [-0.1, -0.05) is 25.1 Å². The molecule has 0 aliphatic rings. The van der Waals surface area contributed by atoms with Crippen molar-refractivity contribution in [2.45, 2.75) is 33.3 Å². The minimum absolute atomic E-state index is 0.0751. The van der Waals surface area contributed by atoms with Gasteiger partial charge in [-0.25, -0.2) is 9.78 Å². The Morgan fingerprint density at radius 3 is 2.52 bits per heavy atom. The summed E-state index contributed by atoms with van der Waals surface area (Å²) in [5, 5.41) is 2.80. The van der Waals surface area contributed by atoms with Gasteiger partial charge in [-0.15, -0.1) is 0 Å². The van der Waals surface area contributed by atoms with E-state index in [1.165, 1.54) is 6.20 Å². The molecule has 138 valence electrons. The molecule has 1 unspecified atom stereocenters. The Labute approximate surface area is 157 Å². The third kappa shape index (κ3) is 4.28. The van der Waals surface area contributed by atoms with E-state index in [-0.39, 0.29) is 11.6 Å². The summed E-state index contributed by atoms with van der Waals surface area (Å²) >= 11 is 0. The number of hydrogen-bond acceptors (Lipinski definition) is 5. The number of nitrogens with one attached hydrogen (secondary N) is 1. The number of rotatable bonds is 5. The molecule has 6 heteroatoms. The minimum Gasteiger partial charge on any atom is -0.447 e. The molecule has 1 N–H and O–H groups in total. The standard InChI is InChI=1S/C21H21N3O3/c1-4-19(20(25)23-15-10-9-13(2)14(3)11-15)27-21(26)18-12-22-16-7-5-6-8-17(16)24-18/h5-12,19H,4H2,1-3H3,(H,23,25). The van der Waals surface area contributed by atoms with Gasteiger partial charge in [0.2, 0.25) is 0 Å². The first-order chi connectivity index (χ1) is 13.0. The van der Waals surface area contributed by atoms with Gasteiger partial charge in [0.05, 0.1) is 17.2 Å². The zero-order chi connectivity index (χ0) is 19.4. The van der Waals surface area contributed by atoms with Crippen molar-refractivity contribution in [1.29, 1.82) is 0 Å². The number of ether oxygens (including phenoxy) is 1. The summed E-state index contributed by atoms with van der Waals surface area (Å²) in [5.74, 6) is -1.04. The average Bonchev–Trinajstić information content (AvgIpc) is 2.68. The number of amides is 1. The largest absolute Gasteiger partial charge is 0.447 e. The molecule has 0 radical (unpaired) electrons. The van der Waals surface area contributed by atoms with Crippen LogP contribution in [0.25, 0.3) is 11.0 Å². The van der Waals surface area contributed by atoms with Gasteiger partial charge in [0, 0.05) is 5.69 Å². The summed E-state index contributed by atoms with van der Waals surface area (Å²) in [6, 6.07) is 12.9. The molecule has 0 spiro atoms. The highest BCUT2D eigenvalue weighted by atomic mass is 16.5. The van der Waals surface area contributed by atoms with Gasteiger partial charge in [-0.05, 0) is 55.7 Å². The molecule has 0 saturated carbocycles. The molecule has 3 rings (SSSR count). The molecule has 1 heterocycles. The van der Waals surface area contributed by atoms with Crippen LogP contribution < -0.4 is 5.32 Å². The first-order valence-corrected chi connectivity index (χ1v) is 8.79. The number of nitrogens with zero attached hydrogens (tertiary/aromatic N) is 2. The number of hydrogen-bond donors (Lipinski definition) is 1. The van der Waals surface area contributed by atoms with E-state index in [0.717, 1.165) is 11.1 Å². The monoisotopic (exact) mass is 363 g/mol. The van der Waals surface area contributed by atoms with Gasteiger partial charge in [0.15, 0.2) is 11.8 Å². The van der Waals surface area contributed by atoms with E-state index in [0.29, 0.717) is 23.1 Å². The van der Waals surface area contributed by atoms with Gasteiger partial charge < -0.3 is 10.1 Å². The molecule has 0 aliphatic heterocycles. The summed E-state index contributed by atoms with van der Waals surface area (Å²) in [7, 11) is 0. The predicted molar refractivity (Wildman–Crippen MR) is 104 cm³/mol. The van der Waals surface area contributed by atoms with E-state index >= 15 is 0 Å². The molecule has 1 atom stereocenters.